The second-order valence-electron chi connectivity index (χ2n) is 3.37. The van der Waals surface area contributed by atoms with E-state index in [1.165, 1.54) is 10.4 Å². The molecule has 0 unspecified atom stereocenters. The molecule has 0 heterocycles. The van der Waals surface area contributed by atoms with E-state index < -0.39 is 8.80 Å². The summed E-state index contributed by atoms with van der Waals surface area (Å²) in [6.45, 7) is 4.32. The summed E-state index contributed by atoms with van der Waals surface area (Å²) in [5, 5.41) is 2.80. The van der Waals surface area contributed by atoms with Crippen LogP contribution in [0.4, 0.5) is 0 Å². The van der Waals surface area contributed by atoms with Crippen LogP contribution in [0.3, 0.4) is 0 Å². The van der Waals surface area contributed by atoms with E-state index in [1.54, 1.807) is 0 Å². The average molecular weight is 237 g/mol. The monoisotopic (exact) mass is 236 g/mol. The maximum Gasteiger partial charge on any atom is 2.00 e. The SMILES string of the molecule is [CH2-][SiH](c1ccccc1)c1ccccc1.[CH3-].[Mg+2]. The summed E-state index contributed by atoms with van der Waals surface area (Å²) >= 11 is 0. The fourth-order valence-electron chi connectivity index (χ4n) is 1.56. The van der Waals surface area contributed by atoms with E-state index in [-0.39, 0.29) is 30.5 Å². The van der Waals surface area contributed by atoms with Crippen molar-refractivity contribution in [1.82, 2.24) is 0 Å². The molecule has 16 heavy (non-hydrogen) atoms. The molecule has 0 radical (unpaired) electrons. The van der Waals surface area contributed by atoms with E-state index in [2.05, 4.69) is 67.2 Å². The van der Waals surface area contributed by atoms with Crippen molar-refractivity contribution in [1.29, 1.82) is 0 Å². The molecule has 0 N–H and O–H groups in total. The van der Waals surface area contributed by atoms with Crippen molar-refractivity contribution in [2.75, 3.05) is 0 Å². The molecule has 0 aliphatic heterocycles. The van der Waals surface area contributed by atoms with Gasteiger partial charge in [0.15, 0.2) is 0 Å². The maximum atomic E-state index is 4.32. The van der Waals surface area contributed by atoms with Crippen LogP contribution >= 0.6 is 0 Å². The molecular weight excluding hydrogens is 221 g/mol. The van der Waals surface area contributed by atoms with Crippen molar-refractivity contribution in [3.8, 4) is 0 Å². The van der Waals surface area contributed by atoms with Crippen LogP contribution in [-0.2, 0) is 0 Å². The molecule has 0 nitrogen and oxygen atoms in total. The Labute approximate surface area is 116 Å². The average Bonchev–Trinajstić information content (AvgIpc) is 2.30. The van der Waals surface area contributed by atoms with Crippen molar-refractivity contribution < 1.29 is 0 Å². The summed E-state index contributed by atoms with van der Waals surface area (Å²) in [7, 11) is -1.17. The minimum atomic E-state index is -1.17. The van der Waals surface area contributed by atoms with Gasteiger partial charge in [-0.15, -0.1) is 0 Å². The standard InChI is InChI=1S/C13H13Si.CH3.Mg/c1-14(12-8-4-2-5-9-12)13-10-6-3-7-11-13;;/h2-11,14H,1H2;1H3;/q2*-1;+2. The Morgan fingerprint density at radius 1 is 0.688 bits per heavy atom. The van der Waals surface area contributed by atoms with Crippen LogP contribution in [0.15, 0.2) is 60.7 Å². The first kappa shape index (κ1) is 15.4. The van der Waals surface area contributed by atoms with Gasteiger partial charge in [0.25, 0.3) is 0 Å². The summed E-state index contributed by atoms with van der Waals surface area (Å²) < 4.78 is 0. The first-order chi connectivity index (χ1) is 6.88. The Balaban J connectivity index is 0.00000112. The number of benzene rings is 2. The summed E-state index contributed by atoms with van der Waals surface area (Å²) in [6, 6.07) is 21.2. The summed E-state index contributed by atoms with van der Waals surface area (Å²) in [4.78, 5) is 0. The third-order valence-corrected chi connectivity index (χ3v) is 4.78. The van der Waals surface area contributed by atoms with Gasteiger partial charge >= 0.3 is 23.1 Å². The van der Waals surface area contributed by atoms with Crippen LogP contribution in [0, 0.1) is 14.0 Å². The zero-order valence-electron chi connectivity index (χ0n) is 9.77. The predicted octanol–water partition coefficient (Wildman–Crippen LogP) is 1.47. The second kappa shape index (κ2) is 7.66. The van der Waals surface area contributed by atoms with Gasteiger partial charge in [0.1, 0.15) is 0 Å². The van der Waals surface area contributed by atoms with E-state index in [9.17, 15) is 0 Å². The molecule has 0 saturated carbocycles. The molecular formula is C14H16MgSi. The Bertz CT molecular complexity index is 346. The van der Waals surface area contributed by atoms with Gasteiger partial charge in [0.2, 0.25) is 0 Å². The van der Waals surface area contributed by atoms with Crippen molar-refractivity contribution in [3.05, 3.63) is 74.6 Å². The summed E-state index contributed by atoms with van der Waals surface area (Å²) in [5.41, 5.74) is 0. The van der Waals surface area contributed by atoms with Gasteiger partial charge in [-0.1, -0.05) is 71.0 Å². The van der Waals surface area contributed by atoms with Gasteiger partial charge in [-0.25, -0.2) is 0 Å². The molecule has 2 aromatic rings. The van der Waals surface area contributed by atoms with E-state index in [0.717, 1.165) is 0 Å². The minimum absolute atomic E-state index is 0. The van der Waals surface area contributed by atoms with Crippen molar-refractivity contribution in [3.63, 3.8) is 0 Å². The fraction of sp³-hybridized carbons (Fsp3) is 0. The molecule has 0 spiro atoms. The number of hydrogen-bond donors (Lipinski definition) is 0. The van der Waals surface area contributed by atoms with Crippen LogP contribution < -0.4 is 10.4 Å². The van der Waals surface area contributed by atoms with Gasteiger partial charge in [-0.2, -0.15) is 0 Å². The molecule has 0 atom stereocenters. The van der Waals surface area contributed by atoms with Crippen LogP contribution in [0.1, 0.15) is 0 Å². The Morgan fingerprint density at radius 3 is 1.31 bits per heavy atom. The maximum absolute atomic E-state index is 4.32. The molecule has 2 aromatic carbocycles. The van der Waals surface area contributed by atoms with Crippen LogP contribution in [0.5, 0.6) is 0 Å². The molecule has 0 amide bonds. The zero-order chi connectivity index (χ0) is 9.80. The largest absolute Gasteiger partial charge is 2.00 e. The van der Waals surface area contributed by atoms with E-state index in [4.69, 9.17) is 0 Å². The van der Waals surface area contributed by atoms with Gasteiger partial charge < -0.3 is 14.0 Å². The molecule has 0 aromatic heterocycles. The number of rotatable bonds is 2. The Hall–Kier alpha value is -0.577. The van der Waals surface area contributed by atoms with Crippen molar-refractivity contribution >= 4 is 42.2 Å². The Kier molecular flexibility index (Phi) is 7.38. The predicted molar refractivity (Wildman–Crippen MR) is 76.8 cm³/mol. The first-order valence-corrected chi connectivity index (χ1v) is 6.78. The minimum Gasteiger partial charge on any atom is -0.358 e. The van der Waals surface area contributed by atoms with E-state index in [0.29, 0.717) is 0 Å². The van der Waals surface area contributed by atoms with Crippen LogP contribution in [0.25, 0.3) is 0 Å². The van der Waals surface area contributed by atoms with Gasteiger partial charge in [0, 0.05) is 0 Å². The zero-order valence-corrected chi connectivity index (χ0v) is 12.3. The molecule has 0 aliphatic rings. The third kappa shape index (κ3) is 3.78. The molecule has 0 aliphatic carbocycles. The fourth-order valence-corrected chi connectivity index (χ4v) is 3.32. The molecule has 0 saturated heterocycles. The van der Waals surface area contributed by atoms with Gasteiger partial charge in [0.05, 0.1) is 0 Å². The molecule has 2 heteroatoms. The normalized spacial score (nSPS) is 9.12. The van der Waals surface area contributed by atoms with E-state index in [1.807, 2.05) is 0 Å². The Morgan fingerprint density at radius 2 is 1.00 bits per heavy atom. The van der Waals surface area contributed by atoms with Crippen molar-refractivity contribution in [2.24, 2.45) is 0 Å². The summed E-state index contributed by atoms with van der Waals surface area (Å²) in [6.07, 6.45) is 0. The van der Waals surface area contributed by atoms with Crippen molar-refractivity contribution in [2.45, 2.75) is 0 Å². The molecule has 78 valence electrons. The van der Waals surface area contributed by atoms with E-state index >= 15 is 0 Å². The first-order valence-electron chi connectivity index (χ1n) is 4.81. The topological polar surface area (TPSA) is 0 Å². The summed E-state index contributed by atoms with van der Waals surface area (Å²) in [5.74, 6) is 0. The second-order valence-corrected chi connectivity index (χ2v) is 5.81. The van der Waals surface area contributed by atoms with Gasteiger partial charge in [-0.3, -0.25) is 0 Å². The third-order valence-electron chi connectivity index (χ3n) is 2.40. The quantitative estimate of drug-likeness (QED) is 0.547. The van der Waals surface area contributed by atoms with Crippen LogP contribution in [-0.4, -0.2) is 31.8 Å². The molecule has 0 bridgehead atoms. The smallest absolute Gasteiger partial charge is 0.358 e. The molecule has 0 fully saturated rings. The number of hydrogen-bond acceptors (Lipinski definition) is 0. The molecule has 2 rings (SSSR count). The van der Waals surface area contributed by atoms with Gasteiger partial charge in [-0.05, 0) is 8.80 Å². The van der Waals surface area contributed by atoms with Crippen LogP contribution in [0.2, 0.25) is 0 Å².